The largest absolute Gasteiger partial charge is 0.383 e. The molecule has 0 saturated heterocycles. The number of nitrogens with one attached hydrogen (secondary N) is 1. The van der Waals surface area contributed by atoms with E-state index in [2.05, 4.69) is 10.5 Å². The number of halogens is 3. The first kappa shape index (κ1) is 16.5. The molecule has 2 aromatic rings. The molecule has 5 nitrogen and oxygen atoms in total. The van der Waals surface area contributed by atoms with Gasteiger partial charge < -0.3 is 4.74 Å². The number of nitrogens with two attached hydrogens (primary N) is 1. The van der Waals surface area contributed by atoms with Crippen LogP contribution in [0.5, 0.6) is 0 Å². The molecule has 1 heterocycles. The molecule has 2 rings (SSSR count). The van der Waals surface area contributed by atoms with Crippen LogP contribution >= 0.6 is 34.8 Å². The Morgan fingerprint density at radius 1 is 1.33 bits per heavy atom. The van der Waals surface area contributed by atoms with Crippen molar-refractivity contribution < 1.29 is 4.74 Å². The molecule has 0 aliphatic rings. The van der Waals surface area contributed by atoms with E-state index in [9.17, 15) is 0 Å². The van der Waals surface area contributed by atoms with Gasteiger partial charge in [0.05, 0.1) is 46.2 Å². The highest BCUT2D eigenvalue weighted by atomic mass is 35.5. The highest BCUT2D eigenvalue weighted by molar-refractivity contribution is 6.42. The molecule has 0 aliphatic carbocycles. The van der Waals surface area contributed by atoms with Crippen molar-refractivity contribution >= 4 is 34.8 Å². The molecule has 8 heteroatoms. The number of hydrazine groups is 1. The summed E-state index contributed by atoms with van der Waals surface area (Å²) in [6.45, 7) is 1.06. The van der Waals surface area contributed by atoms with Crippen LogP contribution in [0, 0.1) is 0 Å². The van der Waals surface area contributed by atoms with Crippen LogP contribution in [0.15, 0.2) is 24.4 Å². The first-order valence-electron chi connectivity index (χ1n) is 6.20. The van der Waals surface area contributed by atoms with Gasteiger partial charge in [-0.05, 0) is 11.6 Å². The Hall–Kier alpha value is -0.820. The molecule has 3 N–H and O–H groups in total. The van der Waals surface area contributed by atoms with Crippen molar-refractivity contribution in [3.8, 4) is 0 Å². The number of ether oxygens (including phenoxy) is 1. The van der Waals surface area contributed by atoms with Crippen LogP contribution in [0.4, 0.5) is 0 Å². The third-order valence-electron chi connectivity index (χ3n) is 3.07. The van der Waals surface area contributed by atoms with Crippen LogP contribution in [0.2, 0.25) is 15.1 Å². The molecule has 0 amide bonds. The van der Waals surface area contributed by atoms with Gasteiger partial charge in [-0.3, -0.25) is 10.5 Å². The Balaban J connectivity index is 2.46. The molecule has 1 aromatic heterocycles. The zero-order valence-corrected chi connectivity index (χ0v) is 13.6. The smallest absolute Gasteiger partial charge is 0.0908 e. The SMILES string of the molecule is COCCn1ncc(Cl)c1C(NN)c1cccc(Cl)c1Cl. The summed E-state index contributed by atoms with van der Waals surface area (Å²) in [5, 5.41) is 5.60. The van der Waals surface area contributed by atoms with Crippen LogP contribution < -0.4 is 11.3 Å². The van der Waals surface area contributed by atoms with Crippen LogP contribution in [0.3, 0.4) is 0 Å². The van der Waals surface area contributed by atoms with E-state index in [-0.39, 0.29) is 0 Å². The lowest BCUT2D eigenvalue weighted by atomic mass is 10.0. The molecule has 1 atom stereocenters. The molecule has 1 aromatic carbocycles. The molecule has 0 saturated carbocycles. The van der Waals surface area contributed by atoms with Gasteiger partial charge in [0.2, 0.25) is 0 Å². The highest BCUT2D eigenvalue weighted by Gasteiger charge is 2.23. The summed E-state index contributed by atoms with van der Waals surface area (Å²) >= 11 is 18.6. The van der Waals surface area contributed by atoms with Crippen LogP contribution in [-0.2, 0) is 11.3 Å². The van der Waals surface area contributed by atoms with Crippen LogP contribution in [-0.4, -0.2) is 23.5 Å². The maximum Gasteiger partial charge on any atom is 0.0908 e. The fraction of sp³-hybridized carbons (Fsp3) is 0.308. The van der Waals surface area contributed by atoms with Crippen molar-refractivity contribution in [2.75, 3.05) is 13.7 Å². The second-order valence-electron chi connectivity index (χ2n) is 4.34. The minimum atomic E-state index is -0.428. The fourth-order valence-electron chi connectivity index (χ4n) is 2.07. The van der Waals surface area contributed by atoms with Crippen LogP contribution in [0.25, 0.3) is 0 Å². The van der Waals surface area contributed by atoms with Crippen molar-refractivity contribution in [1.82, 2.24) is 15.2 Å². The van der Waals surface area contributed by atoms with Gasteiger partial charge in [0, 0.05) is 7.11 Å². The fourth-order valence-corrected chi connectivity index (χ4v) is 2.74. The van der Waals surface area contributed by atoms with Gasteiger partial charge in [-0.25, -0.2) is 5.43 Å². The van der Waals surface area contributed by atoms with Gasteiger partial charge in [0.25, 0.3) is 0 Å². The molecular weight excluding hydrogens is 335 g/mol. The lowest BCUT2D eigenvalue weighted by Gasteiger charge is -2.20. The summed E-state index contributed by atoms with van der Waals surface area (Å²) in [5.74, 6) is 5.70. The van der Waals surface area contributed by atoms with Gasteiger partial charge in [0.15, 0.2) is 0 Å². The van der Waals surface area contributed by atoms with Gasteiger partial charge in [0.1, 0.15) is 0 Å². The number of hydrogen-bond donors (Lipinski definition) is 2. The zero-order valence-electron chi connectivity index (χ0n) is 11.3. The normalized spacial score (nSPS) is 12.6. The van der Waals surface area contributed by atoms with E-state index < -0.39 is 6.04 Å². The first-order valence-corrected chi connectivity index (χ1v) is 7.33. The summed E-state index contributed by atoms with van der Waals surface area (Å²) in [6.07, 6.45) is 1.56. The maximum atomic E-state index is 6.27. The summed E-state index contributed by atoms with van der Waals surface area (Å²) in [5.41, 5.74) is 4.16. The van der Waals surface area contributed by atoms with Gasteiger partial charge >= 0.3 is 0 Å². The number of nitrogens with zero attached hydrogens (tertiary/aromatic N) is 2. The van der Waals surface area contributed by atoms with Crippen molar-refractivity contribution in [3.63, 3.8) is 0 Å². The van der Waals surface area contributed by atoms with E-state index in [1.807, 2.05) is 6.07 Å². The Morgan fingerprint density at radius 2 is 2.10 bits per heavy atom. The molecule has 1 unspecified atom stereocenters. The predicted octanol–water partition coefficient (Wildman–Crippen LogP) is 3.04. The molecule has 114 valence electrons. The van der Waals surface area contributed by atoms with E-state index in [1.165, 1.54) is 0 Å². The van der Waals surface area contributed by atoms with Crippen molar-refractivity contribution in [2.24, 2.45) is 5.84 Å². The Morgan fingerprint density at radius 3 is 2.76 bits per heavy atom. The van der Waals surface area contributed by atoms with Crippen LogP contribution in [0.1, 0.15) is 17.3 Å². The van der Waals surface area contributed by atoms with Gasteiger partial charge in [-0.1, -0.05) is 46.9 Å². The summed E-state index contributed by atoms with van der Waals surface area (Å²) in [4.78, 5) is 0. The molecule has 0 spiro atoms. The molecule has 0 fully saturated rings. The Bertz CT molecular complexity index is 617. The minimum Gasteiger partial charge on any atom is -0.383 e. The topological polar surface area (TPSA) is 65.1 Å². The Kier molecular flexibility index (Phi) is 5.87. The minimum absolute atomic E-state index is 0.428. The standard InChI is InChI=1S/C13H15Cl3N4O/c1-21-6-5-20-13(10(15)7-18-20)12(19-17)8-3-2-4-9(14)11(8)16/h2-4,7,12,19H,5-6,17H2,1H3. The maximum absolute atomic E-state index is 6.27. The second-order valence-corrected chi connectivity index (χ2v) is 5.53. The van der Waals surface area contributed by atoms with E-state index in [0.717, 1.165) is 5.56 Å². The molecule has 0 bridgehead atoms. The molecule has 21 heavy (non-hydrogen) atoms. The van der Waals surface area contributed by atoms with Crippen molar-refractivity contribution in [1.29, 1.82) is 0 Å². The van der Waals surface area contributed by atoms with E-state index in [1.54, 1.807) is 30.1 Å². The zero-order chi connectivity index (χ0) is 15.4. The summed E-state index contributed by atoms with van der Waals surface area (Å²) in [6, 6.07) is 4.92. The third kappa shape index (κ3) is 3.51. The number of benzene rings is 1. The second kappa shape index (κ2) is 7.45. The lowest BCUT2D eigenvalue weighted by molar-refractivity contribution is 0.182. The number of rotatable bonds is 6. The molecular formula is C13H15Cl3N4O. The quantitative estimate of drug-likeness (QED) is 0.621. The molecule has 0 radical (unpaired) electrons. The number of aromatic nitrogens is 2. The third-order valence-corrected chi connectivity index (χ3v) is 4.20. The van der Waals surface area contributed by atoms with E-state index in [4.69, 9.17) is 45.4 Å². The summed E-state index contributed by atoms with van der Waals surface area (Å²) < 4.78 is 6.80. The first-order chi connectivity index (χ1) is 10.1. The van der Waals surface area contributed by atoms with Gasteiger partial charge in [-0.15, -0.1) is 0 Å². The number of methoxy groups -OCH3 is 1. The Labute approximate surface area is 137 Å². The van der Waals surface area contributed by atoms with E-state index >= 15 is 0 Å². The monoisotopic (exact) mass is 348 g/mol. The van der Waals surface area contributed by atoms with E-state index in [0.29, 0.717) is 33.9 Å². The highest BCUT2D eigenvalue weighted by Crippen LogP contribution is 2.35. The molecule has 0 aliphatic heterocycles. The summed E-state index contributed by atoms with van der Waals surface area (Å²) in [7, 11) is 1.62. The average Bonchev–Trinajstić information content (AvgIpc) is 2.83. The predicted molar refractivity (Wildman–Crippen MR) is 84.7 cm³/mol. The number of hydrogen-bond acceptors (Lipinski definition) is 4. The lowest BCUT2D eigenvalue weighted by Crippen LogP contribution is -2.31. The van der Waals surface area contributed by atoms with Crippen molar-refractivity contribution in [2.45, 2.75) is 12.6 Å². The average molecular weight is 350 g/mol. The van der Waals surface area contributed by atoms with Gasteiger partial charge in [-0.2, -0.15) is 5.10 Å². The van der Waals surface area contributed by atoms with Crippen molar-refractivity contribution in [3.05, 3.63) is 50.7 Å².